The zero-order valence-electron chi connectivity index (χ0n) is 14.4. The Morgan fingerprint density at radius 2 is 2.12 bits per heavy atom. The van der Waals surface area contributed by atoms with Crippen LogP contribution in [0.25, 0.3) is 5.65 Å². The first kappa shape index (κ1) is 15.8. The molecule has 3 heterocycles. The third kappa shape index (κ3) is 3.00. The van der Waals surface area contributed by atoms with E-state index in [0.29, 0.717) is 12.5 Å². The van der Waals surface area contributed by atoms with E-state index in [0.717, 1.165) is 62.6 Å². The number of hydrogen-bond acceptors (Lipinski definition) is 5. The highest BCUT2D eigenvalue weighted by Crippen LogP contribution is 2.31. The summed E-state index contributed by atoms with van der Waals surface area (Å²) >= 11 is 0. The Morgan fingerprint density at radius 3 is 2.96 bits per heavy atom. The highest BCUT2D eigenvalue weighted by Gasteiger charge is 2.23. The van der Waals surface area contributed by atoms with Crippen LogP contribution in [0, 0.1) is 0 Å². The number of aromatic nitrogens is 3. The van der Waals surface area contributed by atoms with Crippen molar-refractivity contribution in [2.24, 2.45) is 0 Å². The average molecular weight is 330 g/mol. The molecule has 0 atom stereocenters. The highest BCUT2D eigenvalue weighted by molar-refractivity contribution is 5.57. The van der Waals surface area contributed by atoms with Gasteiger partial charge in [0.2, 0.25) is 0 Å². The van der Waals surface area contributed by atoms with E-state index in [1.165, 1.54) is 24.1 Å². The number of nitrogens with one attached hydrogen (secondary N) is 1. The molecule has 4 rings (SSSR count). The summed E-state index contributed by atoms with van der Waals surface area (Å²) < 4.78 is 12.7. The van der Waals surface area contributed by atoms with Crippen LogP contribution in [0.3, 0.4) is 0 Å². The van der Waals surface area contributed by atoms with Crippen molar-refractivity contribution in [1.29, 1.82) is 0 Å². The molecule has 1 fully saturated rings. The van der Waals surface area contributed by atoms with Crippen LogP contribution in [-0.2, 0) is 22.3 Å². The van der Waals surface area contributed by atoms with E-state index in [1.807, 2.05) is 4.52 Å². The molecule has 24 heavy (non-hydrogen) atoms. The van der Waals surface area contributed by atoms with Crippen molar-refractivity contribution in [3.8, 4) is 0 Å². The number of anilines is 1. The van der Waals surface area contributed by atoms with E-state index < -0.39 is 0 Å². The van der Waals surface area contributed by atoms with Crippen LogP contribution in [0.1, 0.15) is 48.6 Å². The summed E-state index contributed by atoms with van der Waals surface area (Å²) in [5.74, 6) is 1.61. The maximum Gasteiger partial charge on any atom is 0.157 e. The van der Waals surface area contributed by atoms with Gasteiger partial charge in [-0.1, -0.05) is 0 Å². The second-order valence-electron chi connectivity index (χ2n) is 6.74. The molecule has 2 aliphatic rings. The third-order valence-electron chi connectivity index (χ3n) is 5.13. The van der Waals surface area contributed by atoms with Crippen molar-refractivity contribution in [3.05, 3.63) is 23.0 Å². The van der Waals surface area contributed by atoms with E-state index in [1.54, 1.807) is 7.11 Å². The van der Waals surface area contributed by atoms with Gasteiger partial charge >= 0.3 is 0 Å². The number of ether oxygens (including phenoxy) is 2. The van der Waals surface area contributed by atoms with Gasteiger partial charge in [-0.3, -0.25) is 0 Å². The standard InChI is InChI=1S/C18H26N4O2/c1-23-11-8-19-18-14-4-2-3-5-15(14)20-17-12-16(21-22(17)18)13-6-9-24-10-7-13/h12-13,19H,2-11H2,1H3. The van der Waals surface area contributed by atoms with Crippen LogP contribution < -0.4 is 5.32 Å². The molecule has 1 aliphatic heterocycles. The molecule has 0 saturated carbocycles. The van der Waals surface area contributed by atoms with Gasteiger partial charge in [0.15, 0.2) is 5.65 Å². The Balaban J connectivity index is 1.74. The fraction of sp³-hybridized carbons (Fsp3) is 0.667. The molecular weight excluding hydrogens is 304 g/mol. The monoisotopic (exact) mass is 330 g/mol. The number of aryl methyl sites for hydroxylation is 1. The van der Waals surface area contributed by atoms with Crippen LogP contribution in [0.4, 0.5) is 5.82 Å². The average Bonchev–Trinajstić information content (AvgIpc) is 3.06. The van der Waals surface area contributed by atoms with Gasteiger partial charge in [-0.2, -0.15) is 9.61 Å². The van der Waals surface area contributed by atoms with Gasteiger partial charge < -0.3 is 14.8 Å². The Hall–Kier alpha value is -1.66. The van der Waals surface area contributed by atoms with Crippen LogP contribution in [0.15, 0.2) is 6.07 Å². The SMILES string of the molecule is COCCNc1c2c(nc3cc(C4CCOCC4)nn13)CCCC2. The van der Waals surface area contributed by atoms with Gasteiger partial charge in [0.1, 0.15) is 5.82 Å². The fourth-order valence-electron chi connectivity index (χ4n) is 3.81. The minimum atomic E-state index is 0.490. The summed E-state index contributed by atoms with van der Waals surface area (Å²) in [6, 6.07) is 2.17. The van der Waals surface area contributed by atoms with E-state index in [9.17, 15) is 0 Å². The number of fused-ring (bicyclic) bond motifs is 2. The molecule has 6 nitrogen and oxygen atoms in total. The first-order valence-corrected chi connectivity index (χ1v) is 9.09. The summed E-state index contributed by atoms with van der Waals surface area (Å²) in [4.78, 5) is 4.92. The molecular formula is C18H26N4O2. The molecule has 0 bridgehead atoms. The van der Waals surface area contributed by atoms with E-state index in [4.69, 9.17) is 19.6 Å². The van der Waals surface area contributed by atoms with Gasteiger partial charge in [-0.05, 0) is 38.5 Å². The first-order chi connectivity index (χ1) is 11.9. The van der Waals surface area contributed by atoms with Crippen LogP contribution in [0.5, 0.6) is 0 Å². The Bertz CT molecular complexity index is 707. The van der Waals surface area contributed by atoms with E-state index in [-0.39, 0.29) is 0 Å². The number of methoxy groups -OCH3 is 1. The van der Waals surface area contributed by atoms with Crippen molar-refractivity contribution in [1.82, 2.24) is 14.6 Å². The molecule has 0 amide bonds. The fourth-order valence-corrected chi connectivity index (χ4v) is 3.81. The maximum atomic E-state index is 5.49. The second kappa shape index (κ2) is 7.07. The molecule has 130 valence electrons. The quantitative estimate of drug-likeness (QED) is 0.854. The van der Waals surface area contributed by atoms with Crippen LogP contribution in [-0.4, -0.2) is 48.1 Å². The zero-order valence-corrected chi connectivity index (χ0v) is 14.4. The van der Waals surface area contributed by atoms with Crippen LogP contribution in [0.2, 0.25) is 0 Å². The van der Waals surface area contributed by atoms with Gasteiger partial charge in [0.25, 0.3) is 0 Å². The molecule has 2 aromatic rings. The van der Waals surface area contributed by atoms with Crippen molar-refractivity contribution < 1.29 is 9.47 Å². The number of nitrogens with zero attached hydrogens (tertiary/aromatic N) is 3. The molecule has 1 N–H and O–H groups in total. The lowest BCUT2D eigenvalue weighted by Crippen LogP contribution is -2.18. The lowest BCUT2D eigenvalue weighted by molar-refractivity contribution is 0.0844. The maximum absolute atomic E-state index is 5.49. The molecule has 1 aliphatic carbocycles. The summed E-state index contributed by atoms with van der Waals surface area (Å²) in [6.07, 6.45) is 6.72. The topological polar surface area (TPSA) is 60.7 Å². The number of rotatable bonds is 5. The normalized spacial score (nSPS) is 18.7. The van der Waals surface area contributed by atoms with Gasteiger partial charge in [0.05, 0.1) is 12.3 Å². The highest BCUT2D eigenvalue weighted by atomic mass is 16.5. The summed E-state index contributed by atoms with van der Waals surface area (Å²) in [5.41, 5.74) is 4.71. The molecule has 2 aromatic heterocycles. The Labute approximate surface area is 142 Å². The second-order valence-corrected chi connectivity index (χ2v) is 6.74. The van der Waals surface area contributed by atoms with Gasteiger partial charge in [0, 0.05) is 50.1 Å². The molecule has 1 saturated heterocycles. The third-order valence-corrected chi connectivity index (χ3v) is 5.13. The van der Waals surface area contributed by atoms with Crippen LogP contribution >= 0.6 is 0 Å². The Morgan fingerprint density at radius 1 is 1.29 bits per heavy atom. The zero-order chi connectivity index (χ0) is 16.4. The summed E-state index contributed by atoms with van der Waals surface area (Å²) in [6.45, 7) is 3.14. The van der Waals surface area contributed by atoms with Gasteiger partial charge in [-0.25, -0.2) is 4.98 Å². The molecule has 0 spiro atoms. The smallest absolute Gasteiger partial charge is 0.157 e. The van der Waals surface area contributed by atoms with Crippen molar-refractivity contribution in [3.63, 3.8) is 0 Å². The van der Waals surface area contributed by atoms with Crippen molar-refractivity contribution in [2.75, 3.05) is 38.8 Å². The van der Waals surface area contributed by atoms with Crippen molar-refractivity contribution in [2.45, 2.75) is 44.4 Å². The lowest BCUT2D eigenvalue weighted by Gasteiger charge is -2.20. The summed E-state index contributed by atoms with van der Waals surface area (Å²) in [7, 11) is 1.73. The lowest BCUT2D eigenvalue weighted by atomic mass is 9.96. The minimum absolute atomic E-state index is 0.490. The predicted octanol–water partition coefficient (Wildman–Crippen LogP) is 2.56. The van der Waals surface area contributed by atoms with Gasteiger partial charge in [-0.15, -0.1) is 0 Å². The number of hydrogen-bond donors (Lipinski definition) is 1. The first-order valence-electron chi connectivity index (χ1n) is 9.09. The van der Waals surface area contributed by atoms with Crippen molar-refractivity contribution >= 4 is 11.5 Å². The molecule has 0 unspecified atom stereocenters. The minimum Gasteiger partial charge on any atom is -0.383 e. The van der Waals surface area contributed by atoms with E-state index >= 15 is 0 Å². The molecule has 6 heteroatoms. The predicted molar refractivity (Wildman–Crippen MR) is 92.8 cm³/mol. The largest absolute Gasteiger partial charge is 0.383 e. The molecule has 0 aromatic carbocycles. The Kier molecular flexibility index (Phi) is 4.67. The summed E-state index contributed by atoms with van der Waals surface area (Å²) in [5, 5.41) is 8.46. The molecule has 0 radical (unpaired) electrons. The van der Waals surface area contributed by atoms with E-state index in [2.05, 4.69) is 11.4 Å².